The molecule has 2 aromatic rings. The van der Waals surface area contributed by atoms with Crippen LogP contribution in [0.2, 0.25) is 0 Å². The molecule has 7 heteroatoms. The van der Waals surface area contributed by atoms with E-state index >= 15 is 0 Å². The maximum absolute atomic E-state index is 12.6. The quantitative estimate of drug-likeness (QED) is 0.512. The first-order valence-electron chi connectivity index (χ1n) is 11.1. The number of ether oxygens (including phenoxy) is 2. The van der Waals surface area contributed by atoms with Crippen LogP contribution >= 0.6 is 0 Å². The Morgan fingerprint density at radius 2 is 1.79 bits per heavy atom. The lowest BCUT2D eigenvalue weighted by molar-refractivity contribution is -0.159. The van der Waals surface area contributed by atoms with Crippen LogP contribution in [0.15, 0.2) is 54.6 Å². The van der Waals surface area contributed by atoms with Crippen LogP contribution in [0.3, 0.4) is 0 Å². The molecule has 0 radical (unpaired) electrons. The van der Waals surface area contributed by atoms with Crippen molar-refractivity contribution in [2.24, 2.45) is 5.92 Å². The number of esters is 1. The summed E-state index contributed by atoms with van der Waals surface area (Å²) in [4.78, 5) is 39.3. The molecule has 7 nitrogen and oxygen atoms in total. The molecular formula is C26H30N2O5. The summed E-state index contributed by atoms with van der Waals surface area (Å²) in [6.45, 7) is 4.40. The van der Waals surface area contributed by atoms with Gasteiger partial charge in [-0.15, -0.1) is 0 Å². The second-order valence-corrected chi connectivity index (χ2v) is 8.12. The summed E-state index contributed by atoms with van der Waals surface area (Å²) in [5, 5.41) is 2.76. The van der Waals surface area contributed by atoms with E-state index in [1.54, 1.807) is 36.1 Å². The minimum Gasteiger partial charge on any atom is -0.495 e. The number of amides is 2. The standard InChI is InChI=1S/C26H30N2O5/c1-18-9-11-23(32-3)22(17-18)27-25(30)19(2)33-26(31)21-13-15-28(16-14-21)24(29)12-10-20-7-5-4-6-8-20/h4-12,17,19,21H,13-16H2,1-3H3,(H,27,30)/b12-10+. The first kappa shape index (κ1) is 24.0. The summed E-state index contributed by atoms with van der Waals surface area (Å²) < 4.78 is 10.7. The van der Waals surface area contributed by atoms with Crippen molar-refractivity contribution in [2.75, 3.05) is 25.5 Å². The third kappa shape index (κ3) is 6.68. The first-order chi connectivity index (χ1) is 15.9. The second kappa shape index (κ2) is 11.3. The number of aryl methyl sites for hydroxylation is 1. The molecule has 0 spiro atoms. The van der Waals surface area contributed by atoms with Crippen molar-refractivity contribution in [1.29, 1.82) is 0 Å². The van der Waals surface area contributed by atoms with Crippen LogP contribution in [0.5, 0.6) is 5.75 Å². The Morgan fingerprint density at radius 1 is 1.09 bits per heavy atom. The SMILES string of the molecule is COc1ccc(C)cc1NC(=O)C(C)OC(=O)C1CCN(C(=O)/C=C/c2ccccc2)CC1. The van der Waals surface area contributed by atoms with Crippen molar-refractivity contribution in [3.63, 3.8) is 0 Å². The van der Waals surface area contributed by atoms with Crippen molar-refractivity contribution >= 4 is 29.5 Å². The average molecular weight is 451 g/mol. The summed E-state index contributed by atoms with van der Waals surface area (Å²) in [5.41, 5.74) is 2.45. The predicted molar refractivity (Wildman–Crippen MR) is 127 cm³/mol. The molecule has 1 heterocycles. The highest BCUT2D eigenvalue weighted by molar-refractivity contribution is 5.96. The van der Waals surface area contributed by atoms with Crippen molar-refractivity contribution < 1.29 is 23.9 Å². The molecule has 33 heavy (non-hydrogen) atoms. The van der Waals surface area contributed by atoms with Crippen LogP contribution in [-0.2, 0) is 19.1 Å². The molecule has 0 saturated carbocycles. The number of hydrogen-bond donors (Lipinski definition) is 1. The molecule has 174 valence electrons. The molecule has 1 saturated heterocycles. The molecule has 1 fully saturated rings. The smallest absolute Gasteiger partial charge is 0.309 e. The fourth-order valence-electron chi connectivity index (χ4n) is 3.65. The Labute approximate surface area is 194 Å². The lowest BCUT2D eigenvalue weighted by atomic mass is 9.97. The molecule has 1 aliphatic rings. The Balaban J connectivity index is 1.47. The van der Waals surface area contributed by atoms with Gasteiger partial charge in [-0.2, -0.15) is 0 Å². The zero-order valence-corrected chi connectivity index (χ0v) is 19.2. The maximum atomic E-state index is 12.6. The van der Waals surface area contributed by atoms with Crippen molar-refractivity contribution in [3.05, 3.63) is 65.7 Å². The van der Waals surface area contributed by atoms with Crippen LogP contribution in [0, 0.1) is 12.8 Å². The largest absolute Gasteiger partial charge is 0.495 e. The minimum absolute atomic E-state index is 0.0782. The van der Waals surface area contributed by atoms with Crippen LogP contribution in [0.25, 0.3) is 6.08 Å². The molecule has 2 amide bonds. The van der Waals surface area contributed by atoms with E-state index in [2.05, 4.69) is 5.32 Å². The number of likely N-dealkylation sites (tertiary alicyclic amines) is 1. The highest BCUT2D eigenvalue weighted by atomic mass is 16.5. The Bertz CT molecular complexity index is 1010. The van der Waals surface area contributed by atoms with Gasteiger partial charge in [-0.1, -0.05) is 36.4 Å². The molecule has 0 bridgehead atoms. The molecule has 0 aliphatic carbocycles. The Hall–Kier alpha value is -3.61. The Kier molecular flexibility index (Phi) is 8.24. The summed E-state index contributed by atoms with van der Waals surface area (Å²) in [7, 11) is 1.53. The van der Waals surface area contributed by atoms with Crippen LogP contribution < -0.4 is 10.1 Å². The van der Waals surface area contributed by atoms with Gasteiger partial charge in [0.2, 0.25) is 5.91 Å². The maximum Gasteiger partial charge on any atom is 0.309 e. The molecular weight excluding hydrogens is 420 g/mol. The number of carbonyl (C=O) groups is 3. The monoisotopic (exact) mass is 450 g/mol. The van der Waals surface area contributed by atoms with Gasteiger partial charge < -0.3 is 19.7 Å². The van der Waals surface area contributed by atoms with Gasteiger partial charge in [0.1, 0.15) is 5.75 Å². The Morgan fingerprint density at radius 3 is 2.45 bits per heavy atom. The van der Waals surface area contributed by atoms with E-state index in [1.165, 1.54) is 7.11 Å². The normalized spacial score (nSPS) is 15.2. The van der Waals surface area contributed by atoms with E-state index in [0.29, 0.717) is 37.4 Å². The number of benzene rings is 2. The lowest BCUT2D eigenvalue weighted by Crippen LogP contribution is -2.41. The van der Waals surface area contributed by atoms with Gasteiger partial charge in [-0.3, -0.25) is 14.4 Å². The van der Waals surface area contributed by atoms with Gasteiger partial charge in [0.25, 0.3) is 5.91 Å². The molecule has 1 aliphatic heterocycles. The third-order valence-corrected chi connectivity index (χ3v) is 5.63. The van der Waals surface area contributed by atoms with E-state index in [1.807, 2.05) is 43.3 Å². The highest BCUT2D eigenvalue weighted by Gasteiger charge is 2.30. The number of methoxy groups -OCH3 is 1. The van der Waals surface area contributed by atoms with E-state index < -0.39 is 18.0 Å². The van der Waals surface area contributed by atoms with Gasteiger partial charge in [-0.05, 0) is 56.0 Å². The van der Waals surface area contributed by atoms with E-state index in [0.717, 1.165) is 11.1 Å². The van der Waals surface area contributed by atoms with Crippen molar-refractivity contribution in [2.45, 2.75) is 32.8 Å². The van der Waals surface area contributed by atoms with Crippen molar-refractivity contribution in [3.8, 4) is 5.75 Å². The topological polar surface area (TPSA) is 84.9 Å². The molecule has 3 rings (SSSR count). The average Bonchev–Trinajstić information content (AvgIpc) is 2.83. The van der Waals surface area contributed by atoms with Gasteiger partial charge >= 0.3 is 5.97 Å². The van der Waals surface area contributed by atoms with Gasteiger partial charge in [0.05, 0.1) is 18.7 Å². The van der Waals surface area contributed by atoms with Gasteiger partial charge in [0.15, 0.2) is 6.10 Å². The fourth-order valence-corrected chi connectivity index (χ4v) is 3.65. The summed E-state index contributed by atoms with van der Waals surface area (Å²) in [6.07, 6.45) is 3.40. The van der Waals surface area contributed by atoms with E-state index in [4.69, 9.17) is 9.47 Å². The number of carbonyl (C=O) groups excluding carboxylic acids is 3. The highest BCUT2D eigenvalue weighted by Crippen LogP contribution is 2.26. The number of rotatable bonds is 7. The van der Waals surface area contributed by atoms with Crippen LogP contribution in [0.4, 0.5) is 5.69 Å². The number of nitrogens with one attached hydrogen (secondary N) is 1. The summed E-state index contributed by atoms with van der Waals surface area (Å²) in [6, 6.07) is 15.1. The number of piperidine rings is 1. The minimum atomic E-state index is -0.948. The van der Waals surface area contributed by atoms with Crippen LogP contribution in [-0.4, -0.2) is 49.0 Å². The van der Waals surface area contributed by atoms with Crippen LogP contribution in [0.1, 0.15) is 30.9 Å². The van der Waals surface area contributed by atoms with E-state index in [-0.39, 0.29) is 11.8 Å². The zero-order valence-electron chi connectivity index (χ0n) is 19.2. The summed E-state index contributed by atoms with van der Waals surface area (Å²) in [5.74, 6) is -0.723. The number of nitrogens with zero attached hydrogens (tertiary/aromatic N) is 1. The molecule has 1 unspecified atom stereocenters. The lowest BCUT2D eigenvalue weighted by Gasteiger charge is -2.30. The second-order valence-electron chi connectivity index (χ2n) is 8.12. The molecule has 1 atom stereocenters. The van der Waals surface area contributed by atoms with Gasteiger partial charge in [-0.25, -0.2) is 0 Å². The molecule has 0 aromatic heterocycles. The molecule has 2 aromatic carbocycles. The zero-order chi connectivity index (χ0) is 23.8. The first-order valence-corrected chi connectivity index (χ1v) is 11.1. The predicted octanol–water partition coefficient (Wildman–Crippen LogP) is 3.83. The molecule has 1 N–H and O–H groups in total. The summed E-state index contributed by atoms with van der Waals surface area (Å²) >= 11 is 0. The van der Waals surface area contributed by atoms with Gasteiger partial charge in [0, 0.05) is 19.2 Å². The van der Waals surface area contributed by atoms with Crippen molar-refractivity contribution in [1.82, 2.24) is 4.90 Å². The number of anilines is 1. The third-order valence-electron chi connectivity index (χ3n) is 5.63. The van der Waals surface area contributed by atoms with E-state index in [9.17, 15) is 14.4 Å². The number of hydrogen-bond acceptors (Lipinski definition) is 5. The fraction of sp³-hybridized carbons (Fsp3) is 0.346.